The number of hydrogen-bond acceptors (Lipinski definition) is 3. The first-order chi connectivity index (χ1) is 11.8. The van der Waals surface area contributed by atoms with Gasteiger partial charge in [0.05, 0.1) is 6.10 Å². The highest BCUT2D eigenvalue weighted by molar-refractivity contribution is 5.66. The number of carbonyl (C=O) groups is 1. The molecule has 0 spiro atoms. The maximum absolute atomic E-state index is 14.7. The van der Waals surface area contributed by atoms with E-state index in [9.17, 15) is 14.3 Å². The number of ether oxygens (including phenoxy) is 1. The molecule has 4 heteroatoms. The number of aliphatic hydroxyl groups excluding tert-OH is 1. The van der Waals surface area contributed by atoms with Gasteiger partial charge >= 0.3 is 5.97 Å². The van der Waals surface area contributed by atoms with Crippen molar-refractivity contribution in [2.45, 2.75) is 65.1 Å². The highest BCUT2D eigenvalue weighted by atomic mass is 19.1. The lowest BCUT2D eigenvalue weighted by atomic mass is 9.46. The third kappa shape index (κ3) is 2.43. The number of esters is 1. The van der Waals surface area contributed by atoms with Gasteiger partial charge < -0.3 is 9.84 Å². The van der Waals surface area contributed by atoms with Gasteiger partial charge in [-0.1, -0.05) is 26.0 Å². The minimum Gasteiger partial charge on any atom is -0.455 e. The van der Waals surface area contributed by atoms with Crippen molar-refractivity contribution in [3.05, 3.63) is 24.1 Å². The molecule has 138 valence electrons. The van der Waals surface area contributed by atoms with Crippen LogP contribution in [0.5, 0.6) is 0 Å². The average molecular weight is 348 g/mol. The molecule has 8 atom stereocenters. The normalized spacial score (nSPS) is 51.2. The molecule has 3 nitrogen and oxygen atoms in total. The van der Waals surface area contributed by atoms with Crippen molar-refractivity contribution in [3.63, 3.8) is 0 Å². The van der Waals surface area contributed by atoms with Gasteiger partial charge in [0.1, 0.15) is 5.83 Å². The van der Waals surface area contributed by atoms with Gasteiger partial charge in [-0.25, -0.2) is 4.39 Å². The SMILES string of the molecule is CC(=O)O[C@H]1C(F)=C[C@H]2[C@@H]3CC[C@@H]4C[C@@H](O)C=C[C@]4(C)[C@H]3CC[C@]12C. The van der Waals surface area contributed by atoms with Gasteiger partial charge in [-0.15, -0.1) is 0 Å². The lowest BCUT2D eigenvalue weighted by Crippen LogP contribution is -2.53. The zero-order chi connectivity index (χ0) is 18.0. The zero-order valence-electron chi connectivity index (χ0n) is 15.4. The van der Waals surface area contributed by atoms with Crippen LogP contribution >= 0.6 is 0 Å². The van der Waals surface area contributed by atoms with E-state index in [2.05, 4.69) is 19.9 Å². The summed E-state index contributed by atoms with van der Waals surface area (Å²) in [6.45, 7) is 5.79. The first-order valence-corrected chi connectivity index (χ1v) is 9.67. The Labute approximate surface area is 149 Å². The van der Waals surface area contributed by atoms with Crippen molar-refractivity contribution < 1.29 is 19.0 Å². The maximum Gasteiger partial charge on any atom is 0.303 e. The molecule has 0 bridgehead atoms. The van der Waals surface area contributed by atoms with Gasteiger partial charge in [-0.2, -0.15) is 0 Å². The molecule has 1 N–H and O–H groups in total. The molecule has 0 aliphatic heterocycles. The van der Waals surface area contributed by atoms with E-state index in [1.807, 2.05) is 6.08 Å². The second-order valence-electron chi connectivity index (χ2n) is 9.18. The van der Waals surface area contributed by atoms with Crippen molar-refractivity contribution in [1.82, 2.24) is 0 Å². The Kier molecular flexibility index (Phi) is 3.91. The van der Waals surface area contributed by atoms with E-state index in [0.717, 1.165) is 32.1 Å². The summed E-state index contributed by atoms with van der Waals surface area (Å²) in [6.07, 6.45) is 9.83. The summed E-state index contributed by atoms with van der Waals surface area (Å²) in [6, 6.07) is 0. The van der Waals surface area contributed by atoms with Gasteiger partial charge in [-0.3, -0.25) is 4.79 Å². The fourth-order valence-corrected chi connectivity index (χ4v) is 6.62. The van der Waals surface area contributed by atoms with E-state index >= 15 is 0 Å². The van der Waals surface area contributed by atoms with E-state index in [-0.39, 0.29) is 28.7 Å². The zero-order valence-corrected chi connectivity index (χ0v) is 15.4. The Bertz CT molecular complexity index is 641. The van der Waals surface area contributed by atoms with Gasteiger partial charge in [0.2, 0.25) is 0 Å². The number of allylic oxidation sites excluding steroid dienone is 2. The Morgan fingerprint density at radius 3 is 2.80 bits per heavy atom. The maximum atomic E-state index is 14.7. The van der Waals surface area contributed by atoms with Crippen LogP contribution in [0.25, 0.3) is 0 Å². The van der Waals surface area contributed by atoms with Gasteiger partial charge in [-0.05, 0) is 67.3 Å². The minimum absolute atomic E-state index is 0.0906. The molecule has 0 aromatic rings. The van der Waals surface area contributed by atoms with Crippen molar-refractivity contribution >= 4 is 5.97 Å². The second kappa shape index (κ2) is 5.67. The molecule has 25 heavy (non-hydrogen) atoms. The van der Waals surface area contributed by atoms with Crippen molar-refractivity contribution in [1.29, 1.82) is 0 Å². The molecule has 0 saturated heterocycles. The molecular formula is C21H29FO3. The average Bonchev–Trinajstić information content (AvgIpc) is 2.79. The van der Waals surface area contributed by atoms with Gasteiger partial charge in [0, 0.05) is 12.3 Å². The quantitative estimate of drug-likeness (QED) is 0.571. The van der Waals surface area contributed by atoms with Gasteiger partial charge in [0.25, 0.3) is 0 Å². The van der Waals surface area contributed by atoms with Crippen LogP contribution < -0.4 is 0 Å². The largest absolute Gasteiger partial charge is 0.455 e. The molecule has 0 unspecified atom stereocenters. The molecule has 0 amide bonds. The highest BCUT2D eigenvalue weighted by Gasteiger charge is 2.61. The fourth-order valence-electron chi connectivity index (χ4n) is 6.62. The summed E-state index contributed by atoms with van der Waals surface area (Å²) >= 11 is 0. The van der Waals surface area contributed by atoms with E-state index in [1.165, 1.54) is 6.92 Å². The van der Waals surface area contributed by atoms with Crippen molar-refractivity contribution in [3.8, 4) is 0 Å². The second-order valence-corrected chi connectivity index (χ2v) is 9.18. The molecule has 2 saturated carbocycles. The molecule has 0 radical (unpaired) electrons. The van der Waals surface area contributed by atoms with Crippen LogP contribution in [0.1, 0.15) is 52.9 Å². The summed E-state index contributed by atoms with van der Waals surface area (Å²) in [5.74, 6) is 0.910. The number of fused-ring (bicyclic) bond motifs is 5. The predicted octanol–water partition coefficient (Wildman–Crippen LogP) is 4.17. The van der Waals surface area contributed by atoms with E-state index in [0.29, 0.717) is 17.8 Å². The third-order valence-corrected chi connectivity index (χ3v) is 7.94. The molecule has 2 fully saturated rings. The number of halogens is 1. The lowest BCUT2D eigenvalue weighted by molar-refractivity contribution is -0.158. The Hall–Kier alpha value is -1.16. The Morgan fingerprint density at radius 1 is 1.32 bits per heavy atom. The summed E-state index contributed by atoms with van der Waals surface area (Å²) in [5, 5.41) is 10.0. The number of carbonyl (C=O) groups excluding carboxylic acids is 1. The molecule has 4 aliphatic rings. The van der Waals surface area contributed by atoms with Crippen molar-refractivity contribution in [2.75, 3.05) is 0 Å². The molecule has 0 heterocycles. The van der Waals surface area contributed by atoms with E-state index in [4.69, 9.17) is 4.74 Å². The standard InChI is InChI=1S/C21H29FO3/c1-12(23)25-19-18(22)11-17-15-5-4-13-10-14(24)6-8-20(13,2)16(15)7-9-21(17,19)3/h6,8,11,13-17,19,24H,4-5,7,9-10H2,1-3H3/t13-,14+,15-,16+,17+,19+,20+,21+/m1/s1. The third-order valence-electron chi connectivity index (χ3n) is 7.94. The highest BCUT2D eigenvalue weighted by Crippen LogP contribution is 2.65. The smallest absolute Gasteiger partial charge is 0.303 e. The van der Waals surface area contributed by atoms with Crippen molar-refractivity contribution in [2.24, 2.45) is 34.5 Å². The molecule has 0 aromatic heterocycles. The number of rotatable bonds is 1. The number of aliphatic hydroxyl groups is 1. The summed E-state index contributed by atoms with van der Waals surface area (Å²) in [4.78, 5) is 11.5. The topological polar surface area (TPSA) is 46.5 Å². The number of hydrogen-bond donors (Lipinski definition) is 1. The van der Waals surface area contributed by atoms with E-state index in [1.54, 1.807) is 6.08 Å². The summed E-state index contributed by atoms with van der Waals surface area (Å²) in [5.41, 5.74) is -0.231. The van der Waals surface area contributed by atoms with Crippen LogP contribution in [0.2, 0.25) is 0 Å². The van der Waals surface area contributed by atoms with Crippen LogP contribution in [0.15, 0.2) is 24.1 Å². The molecular weight excluding hydrogens is 319 g/mol. The van der Waals surface area contributed by atoms with Crippen LogP contribution in [0.3, 0.4) is 0 Å². The molecule has 4 aliphatic carbocycles. The van der Waals surface area contributed by atoms with Crippen LogP contribution in [-0.2, 0) is 9.53 Å². The minimum atomic E-state index is -0.717. The summed E-state index contributed by atoms with van der Waals surface area (Å²) < 4.78 is 20.1. The predicted molar refractivity (Wildman–Crippen MR) is 93.2 cm³/mol. The lowest BCUT2D eigenvalue weighted by Gasteiger charge is -2.58. The first-order valence-electron chi connectivity index (χ1n) is 9.67. The Balaban J connectivity index is 1.66. The van der Waals surface area contributed by atoms with Crippen LogP contribution in [-0.4, -0.2) is 23.3 Å². The first kappa shape index (κ1) is 17.3. The molecule has 0 aromatic carbocycles. The fraction of sp³-hybridized carbons (Fsp3) is 0.762. The van der Waals surface area contributed by atoms with Crippen LogP contribution in [0.4, 0.5) is 4.39 Å². The monoisotopic (exact) mass is 348 g/mol. The van der Waals surface area contributed by atoms with Gasteiger partial charge in [0.15, 0.2) is 6.10 Å². The molecule has 4 rings (SSSR count). The van der Waals surface area contributed by atoms with E-state index < -0.39 is 12.1 Å². The Morgan fingerprint density at radius 2 is 2.08 bits per heavy atom. The summed E-state index contributed by atoms with van der Waals surface area (Å²) in [7, 11) is 0. The van der Waals surface area contributed by atoms with Crippen LogP contribution in [0, 0.1) is 34.5 Å².